The maximum atomic E-state index is 8.44. The van der Waals surface area contributed by atoms with Crippen LogP contribution < -0.4 is 5.32 Å². The van der Waals surface area contributed by atoms with Crippen molar-refractivity contribution in [3.05, 3.63) is 18.2 Å². The van der Waals surface area contributed by atoms with Crippen LogP contribution in [0.4, 0.5) is 0 Å². The van der Waals surface area contributed by atoms with Crippen LogP contribution in [0.2, 0.25) is 0 Å². The van der Waals surface area contributed by atoms with E-state index in [1.165, 1.54) is 12.8 Å². The minimum atomic E-state index is 0.385. The van der Waals surface area contributed by atoms with Gasteiger partial charge in [-0.25, -0.2) is 4.98 Å². The Hall–Kier alpha value is -1.34. The molecule has 0 aromatic carbocycles. The molecule has 0 saturated heterocycles. The molecule has 0 amide bonds. The van der Waals surface area contributed by atoms with Gasteiger partial charge in [-0.15, -0.1) is 0 Å². The number of aromatic nitrogens is 2. The molecule has 0 bridgehead atoms. The van der Waals surface area contributed by atoms with Gasteiger partial charge in [0.05, 0.1) is 18.1 Å². The second kappa shape index (κ2) is 3.58. The maximum Gasteiger partial charge on any atom is 0.111 e. The van der Waals surface area contributed by atoms with Crippen LogP contribution in [0.15, 0.2) is 12.5 Å². The van der Waals surface area contributed by atoms with E-state index in [1.807, 2.05) is 6.20 Å². The molecule has 1 saturated carbocycles. The van der Waals surface area contributed by atoms with Gasteiger partial charge in [0.15, 0.2) is 0 Å². The number of nitrogens with zero attached hydrogens (tertiary/aromatic N) is 3. The van der Waals surface area contributed by atoms with Crippen molar-refractivity contribution in [1.82, 2.24) is 14.9 Å². The molecule has 1 aliphatic rings. The van der Waals surface area contributed by atoms with Crippen LogP contribution in [0.1, 0.15) is 18.5 Å². The molecule has 1 aliphatic carbocycles. The summed E-state index contributed by atoms with van der Waals surface area (Å²) in [6.07, 6.45) is 6.20. The third kappa shape index (κ3) is 2.30. The summed E-state index contributed by atoms with van der Waals surface area (Å²) in [6.45, 7) is 1.21. The Morgan fingerprint density at radius 3 is 3.23 bits per heavy atom. The SMILES string of the molecule is N#CCn1cnc(CNC2CC2)c1. The highest BCUT2D eigenvalue weighted by Gasteiger charge is 2.20. The summed E-state index contributed by atoms with van der Waals surface area (Å²) in [4.78, 5) is 4.18. The molecule has 2 rings (SSSR count). The van der Waals surface area contributed by atoms with Gasteiger partial charge in [0.2, 0.25) is 0 Å². The Kier molecular flexibility index (Phi) is 2.28. The van der Waals surface area contributed by atoms with Crippen LogP contribution >= 0.6 is 0 Å². The number of nitrogens with one attached hydrogen (secondary N) is 1. The Bertz CT molecular complexity index is 319. The van der Waals surface area contributed by atoms with Crippen molar-refractivity contribution in [2.45, 2.75) is 32.0 Å². The number of rotatable bonds is 4. The number of hydrogen-bond acceptors (Lipinski definition) is 3. The van der Waals surface area contributed by atoms with E-state index >= 15 is 0 Å². The van der Waals surface area contributed by atoms with Crippen molar-refractivity contribution < 1.29 is 0 Å². The molecule has 4 heteroatoms. The van der Waals surface area contributed by atoms with Gasteiger partial charge in [0.1, 0.15) is 6.54 Å². The minimum Gasteiger partial charge on any atom is -0.323 e. The standard InChI is InChI=1S/C9H12N4/c10-3-4-13-6-9(12-7-13)5-11-8-1-2-8/h6-8,11H,1-2,4-5H2. The number of imidazole rings is 1. The molecule has 1 heterocycles. The zero-order chi connectivity index (χ0) is 9.10. The summed E-state index contributed by atoms with van der Waals surface area (Å²) in [5, 5.41) is 11.8. The van der Waals surface area contributed by atoms with Gasteiger partial charge in [0, 0.05) is 18.8 Å². The van der Waals surface area contributed by atoms with Gasteiger partial charge >= 0.3 is 0 Å². The molecule has 68 valence electrons. The molecular weight excluding hydrogens is 164 g/mol. The minimum absolute atomic E-state index is 0.385. The quantitative estimate of drug-likeness (QED) is 0.733. The molecule has 13 heavy (non-hydrogen) atoms. The zero-order valence-corrected chi connectivity index (χ0v) is 7.40. The lowest BCUT2D eigenvalue weighted by Gasteiger charge is -1.96. The van der Waals surface area contributed by atoms with E-state index in [-0.39, 0.29) is 0 Å². The van der Waals surface area contributed by atoms with Crippen LogP contribution in [0.3, 0.4) is 0 Å². The van der Waals surface area contributed by atoms with E-state index in [2.05, 4.69) is 16.4 Å². The third-order valence-electron chi connectivity index (χ3n) is 2.09. The lowest BCUT2D eigenvalue weighted by molar-refractivity contribution is 0.676. The predicted molar refractivity (Wildman–Crippen MR) is 47.7 cm³/mol. The van der Waals surface area contributed by atoms with Crippen molar-refractivity contribution in [2.75, 3.05) is 0 Å². The van der Waals surface area contributed by atoms with Gasteiger partial charge in [-0.05, 0) is 12.8 Å². The van der Waals surface area contributed by atoms with Crippen LogP contribution in [-0.2, 0) is 13.1 Å². The van der Waals surface area contributed by atoms with E-state index in [4.69, 9.17) is 5.26 Å². The Morgan fingerprint density at radius 2 is 2.54 bits per heavy atom. The van der Waals surface area contributed by atoms with E-state index in [1.54, 1.807) is 10.9 Å². The van der Waals surface area contributed by atoms with Gasteiger partial charge in [-0.1, -0.05) is 0 Å². The van der Waals surface area contributed by atoms with E-state index in [0.29, 0.717) is 12.6 Å². The van der Waals surface area contributed by atoms with Gasteiger partial charge in [-0.3, -0.25) is 0 Å². The molecule has 0 atom stereocenters. The lowest BCUT2D eigenvalue weighted by atomic mass is 10.4. The first-order chi connectivity index (χ1) is 6.38. The number of hydrogen-bond donors (Lipinski definition) is 1. The van der Waals surface area contributed by atoms with E-state index < -0.39 is 0 Å². The molecule has 1 aromatic rings. The first-order valence-electron chi connectivity index (χ1n) is 4.49. The summed E-state index contributed by atoms with van der Waals surface area (Å²) in [5.74, 6) is 0. The maximum absolute atomic E-state index is 8.44. The van der Waals surface area contributed by atoms with Gasteiger partial charge < -0.3 is 9.88 Å². The highest BCUT2D eigenvalue weighted by Crippen LogP contribution is 2.18. The van der Waals surface area contributed by atoms with E-state index in [0.717, 1.165) is 12.2 Å². The first kappa shape index (κ1) is 8.27. The molecule has 1 N–H and O–H groups in total. The van der Waals surface area contributed by atoms with E-state index in [9.17, 15) is 0 Å². The largest absolute Gasteiger partial charge is 0.323 e. The van der Waals surface area contributed by atoms with Gasteiger partial charge in [0.25, 0.3) is 0 Å². The fraction of sp³-hybridized carbons (Fsp3) is 0.556. The van der Waals surface area contributed by atoms with Crippen molar-refractivity contribution >= 4 is 0 Å². The third-order valence-corrected chi connectivity index (χ3v) is 2.09. The Labute approximate surface area is 77.2 Å². The average molecular weight is 176 g/mol. The number of nitriles is 1. The molecule has 0 spiro atoms. The summed E-state index contributed by atoms with van der Waals surface area (Å²) >= 11 is 0. The van der Waals surface area contributed by atoms with Crippen molar-refractivity contribution in [3.8, 4) is 6.07 Å². The topological polar surface area (TPSA) is 53.6 Å². The zero-order valence-electron chi connectivity index (χ0n) is 7.40. The van der Waals surface area contributed by atoms with Gasteiger partial charge in [-0.2, -0.15) is 5.26 Å². The lowest BCUT2D eigenvalue weighted by Crippen LogP contribution is -2.15. The molecule has 1 aromatic heterocycles. The Balaban J connectivity index is 1.85. The summed E-state index contributed by atoms with van der Waals surface area (Å²) in [5.41, 5.74) is 1.02. The first-order valence-corrected chi connectivity index (χ1v) is 4.49. The predicted octanol–water partition coefficient (Wildman–Crippen LogP) is 0.659. The average Bonchev–Trinajstić information content (AvgIpc) is 2.85. The smallest absolute Gasteiger partial charge is 0.111 e. The van der Waals surface area contributed by atoms with Crippen LogP contribution in [0, 0.1) is 11.3 Å². The molecule has 1 fully saturated rings. The summed E-state index contributed by atoms with van der Waals surface area (Å²) in [6, 6.07) is 2.79. The van der Waals surface area contributed by atoms with Crippen LogP contribution in [-0.4, -0.2) is 15.6 Å². The molecular formula is C9H12N4. The molecule has 0 unspecified atom stereocenters. The molecule has 0 radical (unpaired) electrons. The molecule has 4 nitrogen and oxygen atoms in total. The van der Waals surface area contributed by atoms with Crippen LogP contribution in [0.5, 0.6) is 0 Å². The molecule has 0 aliphatic heterocycles. The highest BCUT2D eigenvalue weighted by atomic mass is 15.1. The van der Waals surface area contributed by atoms with Crippen molar-refractivity contribution in [2.24, 2.45) is 0 Å². The monoisotopic (exact) mass is 176 g/mol. The van der Waals surface area contributed by atoms with Crippen molar-refractivity contribution in [1.29, 1.82) is 5.26 Å². The second-order valence-corrected chi connectivity index (χ2v) is 3.35. The second-order valence-electron chi connectivity index (χ2n) is 3.35. The summed E-state index contributed by atoms with van der Waals surface area (Å²) < 4.78 is 1.80. The highest BCUT2D eigenvalue weighted by molar-refractivity contribution is 4.99. The fourth-order valence-corrected chi connectivity index (χ4v) is 1.20. The fourth-order valence-electron chi connectivity index (χ4n) is 1.20. The Morgan fingerprint density at radius 1 is 1.69 bits per heavy atom. The van der Waals surface area contributed by atoms with Crippen molar-refractivity contribution in [3.63, 3.8) is 0 Å². The summed E-state index contributed by atoms with van der Waals surface area (Å²) in [7, 11) is 0. The normalized spacial score (nSPS) is 15.6. The van der Waals surface area contributed by atoms with Crippen LogP contribution in [0.25, 0.3) is 0 Å².